The maximum absolute atomic E-state index is 11.0. The number of pyridine rings is 1. The molecule has 6 heteroatoms. The second-order valence-electron chi connectivity index (χ2n) is 3.85. The van der Waals surface area contributed by atoms with Gasteiger partial charge in [-0.15, -0.1) is 0 Å². The molecule has 6 nitrogen and oxygen atoms in total. The summed E-state index contributed by atoms with van der Waals surface area (Å²) in [5.74, 6) is 1.11. The van der Waals surface area contributed by atoms with E-state index in [9.17, 15) is 4.79 Å². The molecule has 86 valence electrons. The number of rotatable bonds is 2. The van der Waals surface area contributed by atoms with E-state index in [1.54, 1.807) is 12.1 Å². The van der Waals surface area contributed by atoms with E-state index in [0.29, 0.717) is 30.3 Å². The van der Waals surface area contributed by atoms with Crippen molar-refractivity contribution in [3.05, 3.63) is 12.1 Å². The molecule has 1 aromatic heterocycles. The first-order chi connectivity index (χ1) is 7.65. The Morgan fingerprint density at radius 3 is 2.88 bits per heavy atom. The van der Waals surface area contributed by atoms with E-state index in [4.69, 9.17) is 11.5 Å². The Hall–Kier alpha value is -1.98. The second-order valence-corrected chi connectivity index (χ2v) is 3.85. The smallest absolute Gasteiger partial charge is 0.220 e. The zero-order valence-corrected chi connectivity index (χ0v) is 8.86. The van der Waals surface area contributed by atoms with E-state index in [2.05, 4.69) is 15.6 Å². The van der Waals surface area contributed by atoms with E-state index in [1.165, 1.54) is 0 Å². The van der Waals surface area contributed by atoms with Gasteiger partial charge in [0.2, 0.25) is 5.91 Å². The maximum Gasteiger partial charge on any atom is 0.220 e. The van der Waals surface area contributed by atoms with Gasteiger partial charge in [-0.2, -0.15) is 0 Å². The molecule has 6 N–H and O–H groups in total. The monoisotopic (exact) mass is 221 g/mol. The number of carbonyl (C=O) groups excluding carboxylic acids is 1. The Morgan fingerprint density at radius 1 is 1.44 bits per heavy atom. The van der Waals surface area contributed by atoms with E-state index < -0.39 is 0 Å². The number of hydrogen-bond acceptors (Lipinski definition) is 5. The predicted octanol–water partition coefficient (Wildman–Crippen LogP) is -0.0635. The van der Waals surface area contributed by atoms with Gasteiger partial charge in [-0.1, -0.05) is 0 Å². The van der Waals surface area contributed by atoms with Crippen LogP contribution in [-0.2, 0) is 4.79 Å². The lowest BCUT2D eigenvalue weighted by atomic mass is 10.1. The fourth-order valence-electron chi connectivity index (χ4n) is 1.63. The van der Waals surface area contributed by atoms with Crippen molar-refractivity contribution in [1.29, 1.82) is 0 Å². The van der Waals surface area contributed by atoms with Gasteiger partial charge >= 0.3 is 0 Å². The Morgan fingerprint density at radius 2 is 2.25 bits per heavy atom. The molecule has 0 radical (unpaired) electrons. The summed E-state index contributed by atoms with van der Waals surface area (Å²) in [4.78, 5) is 15.1. The molecule has 0 aliphatic carbocycles. The minimum atomic E-state index is 0.0998. The van der Waals surface area contributed by atoms with E-state index in [0.717, 1.165) is 6.42 Å². The first-order valence-corrected chi connectivity index (χ1v) is 5.20. The molecule has 2 rings (SSSR count). The average Bonchev–Trinajstić information content (AvgIpc) is 2.27. The predicted molar refractivity (Wildman–Crippen MR) is 62.7 cm³/mol. The Balaban J connectivity index is 1.98. The minimum Gasteiger partial charge on any atom is -0.396 e. The summed E-state index contributed by atoms with van der Waals surface area (Å²) in [6, 6.07) is 3.70. The molecular weight excluding hydrogens is 206 g/mol. The molecular formula is C10H15N5O. The fourth-order valence-corrected chi connectivity index (χ4v) is 1.63. The highest BCUT2D eigenvalue weighted by molar-refractivity contribution is 5.77. The zero-order valence-electron chi connectivity index (χ0n) is 8.86. The summed E-state index contributed by atoms with van der Waals surface area (Å²) in [5.41, 5.74) is 11.6. The highest BCUT2D eigenvalue weighted by Gasteiger charge is 2.17. The van der Waals surface area contributed by atoms with Crippen LogP contribution in [0.25, 0.3) is 0 Å². The van der Waals surface area contributed by atoms with Crippen LogP contribution in [0.1, 0.15) is 12.8 Å². The summed E-state index contributed by atoms with van der Waals surface area (Å²) in [5, 5.41) is 6.00. The van der Waals surface area contributed by atoms with E-state index in [-0.39, 0.29) is 11.9 Å². The van der Waals surface area contributed by atoms with Gasteiger partial charge < -0.3 is 22.1 Å². The molecule has 0 saturated carbocycles. The Labute approximate surface area is 93.4 Å². The van der Waals surface area contributed by atoms with Crippen molar-refractivity contribution >= 4 is 23.2 Å². The molecule has 0 bridgehead atoms. The van der Waals surface area contributed by atoms with Crippen molar-refractivity contribution in [2.24, 2.45) is 0 Å². The SMILES string of the molecule is Nc1ccc(NC2CCC(=O)NC2)nc1N. The summed E-state index contributed by atoms with van der Waals surface area (Å²) >= 11 is 0. The van der Waals surface area contributed by atoms with Gasteiger partial charge in [-0.05, 0) is 18.6 Å². The van der Waals surface area contributed by atoms with E-state index in [1.807, 2.05) is 0 Å². The van der Waals surface area contributed by atoms with Crippen molar-refractivity contribution in [3.63, 3.8) is 0 Å². The van der Waals surface area contributed by atoms with Gasteiger partial charge in [0.15, 0.2) is 0 Å². The molecule has 16 heavy (non-hydrogen) atoms. The maximum atomic E-state index is 11.0. The normalized spacial score (nSPS) is 20.2. The molecule has 1 aliphatic heterocycles. The topological polar surface area (TPSA) is 106 Å². The summed E-state index contributed by atoms with van der Waals surface area (Å²) in [7, 11) is 0. The van der Waals surface area contributed by atoms with Gasteiger partial charge in [0.25, 0.3) is 0 Å². The molecule has 2 heterocycles. The lowest BCUT2D eigenvalue weighted by molar-refractivity contribution is -0.122. The number of nitrogen functional groups attached to an aromatic ring is 2. The lowest BCUT2D eigenvalue weighted by Gasteiger charge is -2.24. The average molecular weight is 221 g/mol. The standard InChI is InChI=1S/C10H15N5O/c11-7-2-3-8(15-10(7)12)14-6-1-4-9(16)13-5-6/h2-3,6H,1,4-5,11H2,(H,13,16)(H3,12,14,15). The number of piperidine rings is 1. The van der Waals surface area contributed by atoms with Crippen LogP contribution in [0.4, 0.5) is 17.3 Å². The van der Waals surface area contributed by atoms with Gasteiger partial charge in [0.05, 0.1) is 5.69 Å². The largest absolute Gasteiger partial charge is 0.396 e. The molecule has 0 spiro atoms. The quantitative estimate of drug-likeness (QED) is 0.559. The number of carbonyl (C=O) groups is 1. The second kappa shape index (κ2) is 4.26. The molecule has 1 atom stereocenters. The van der Waals surface area contributed by atoms with Crippen LogP contribution in [0.3, 0.4) is 0 Å². The molecule has 0 aromatic carbocycles. The third-order valence-corrected chi connectivity index (χ3v) is 2.57. The molecule has 1 aromatic rings. The number of aromatic nitrogens is 1. The summed E-state index contributed by atoms with van der Waals surface area (Å²) in [6.45, 7) is 0.616. The summed E-state index contributed by atoms with van der Waals surface area (Å²) < 4.78 is 0. The van der Waals surface area contributed by atoms with Gasteiger partial charge in [-0.25, -0.2) is 4.98 Å². The van der Waals surface area contributed by atoms with Crippen LogP contribution < -0.4 is 22.1 Å². The number of anilines is 3. The van der Waals surface area contributed by atoms with Crippen molar-refractivity contribution in [1.82, 2.24) is 10.3 Å². The first-order valence-electron chi connectivity index (χ1n) is 5.20. The molecule has 1 unspecified atom stereocenters. The van der Waals surface area contributed by atoms with Crippen LogP contribution in [0.5, 0.6) is 0 Å². The zero-order chi connectivity index (χ0) is 11.5. The van der Waals surface area contributed by atoms with Crippen LogP contribution in [-0.4, -0.2) is 23.5 Å². The molecule has 1 amide bonds. The van der Waals surface area contributed by atoms with Crippen LogP contribution >= 0.6 is 0 Å². The Bertz CT molecular complexity index is 396. The minimum absolute atomic E-state index is 0.0998. The molecule has 1 fully saturated rings. The number of nitrogens with two attached hydrogens (primary N) is 2. The van der Waals surface area contributed by atoms with Crippen molar-refractivity contribution < 1.29 is 4.79 Å². The summed E-state index contributed by atoms with van der Waals surface area (Å²) in [6.07, 6.45) is 1.35. The lowest BCUT2D eigenvalue weighted by Crippen LogP contribution is -2.42. The Kier molecular flexibility index (Phi) is 2.80. The van der Waals surface area contributed by atoms with E-state index >= 15 is 0 Å². The van der Waals surface area contributed by atoms with Crippen molar-refractivity contribution in [2.45, 2.75) is 18.9 Å². The van der Waals surface area contributed by atoms with Gasteiger partial charge in [0.1, 0.15) is 11.6 Å². The molecule has 1 aliphatic rings. The third-order valence-electron chi connectivity index (χ3n) is 2.57. The van der Waals surface area contributed by atoms with Crippen LogP contribution in [0.15, 0.2) is 12.1 Å². The first kappa shape index (κ1) is 10.5. The van der Waals surface area contributed by atoms with Crippen LogP contribution in [0, 0.1) is 0 Å². The third kappa shape index (κ3) is 2.33. The van der Waals surface area contributed by atoms with Crippen molar-refractivity contribution in [2.75, 3.05) is 23.3 Å². The van der Waals surface area contributed by atoms with Crippen molar-refractivity contribution in [3.8, 4) is 0 Å². The van der Waals surface area contributed by atoms with Crippen LogP contribution in [0.2, 0.25) is 0 Å². The number of nitrogens with zero attached hydrogens (tertiary/aromatic N) is 1. The van der Waals surface area contributed by atoms with Gasteiger partial charge in [-0.3, -0.25) is 4.79 Å². The number of amides is 1. The van der Waals surface area contributed by atoms with Gasteiger partial charge in [0, 0.05) is 19.0 Å². The highest BCUT2D eigenvalue weighted by atomic mass is 16.1. The number of hydrogen-bond donors (Lipinski definition) is 4. The fraction of sp³-hybridized carbons (Fsp3) is 0.400. The number of nitrogens with one attached hydrogen (secondary N) is 2. The molecule has 1 saturated heterocycles. The highest BCUT2D eigenvalue weighted by Crippen LogP contribution is 2.16.